The van der Waals surface area contributed by atoms with E-state index in [-0.39, 0.29) is 19.0 Å². The Hall–Kier alpha value is -2.86. The molecule has 0 saturated heterocycles. The summed E-state index contributed by atoms with van der Waals surface area (Å²) in [7, 11) is 1.54. The standard InChI is InChI=1S/C20H19FO5/c1-13-19(20(22)24-9-8-23-2)17-11-16(6-7-18(17)26-13)25-12-14-4-3-5-15(21)10-14/h3-7,10-11H,8-9,12H2,1-2H3. The van der Waals surface area contributed by atoms with Gasteiger partial charge >= 0.3 is 5.97 Å². The van der Waals surface area contributed by atoms with Crippen molar-refractivity contribution < 1.29 is 27.8 Å². The van der Waals surface area contributed by atoms with Crippen LogP contribution in [-0.4, -0.2) is 26.3 Å². The summed E-state index contributed by atoms with van der Waals surface area (Å²) >= 11 is 0. The predicted molar refractivity (Wildman–Crippen MR) is 93.8 cm³/mol. The van der Waals surface area contributed by atoms with E-state index in [1.807, 2.05) is 0 Å². The highest BCUT2D eigenvalue weighted by atomic mass is 19.1. The Morgan fingerprint density at radius 1 is 1.15 bits per heavy atom. The molecular formula is C20H19FO5. The third kappa shape index (κ3) is 4.03. The molecule has 0 atom stereocenters. The molecule has 1 aromatic heterocycles. The van der Waals surface area contributed by atoms with Gasteiger partial charge in [0.05, 0.1) is 6.61 Å². The van der Waals surface area contributed by atoms with E-state index >= 15 is 0 Å². The van der Waals surface area contributed by atoms with Crippen molar-refractivity contribution in [2.45, 2.75) is 13.5 Å². The van der Waals surface area contributed by atoms with Crippen LogP contribution in [0.4, 0.5) is 4.39 Å². The van der Waals surface area contributed by atoms with Gasteiger partial charge in [0.2, 0.25) is 0 Å². The van der Waals surface area contributed by atoms with Crippen molar-refractivity contribution in [1.29, 1.82) is 0 Å². The molecule has 6 heteroatoms. The second-order valence-electron chi connectivity index (χ2n) is 5.74. The van der Waals surface area contributed by atoms with Gasteiger partial charge in [0, 0.05) is 12.5 Å². The zero-order valence-corrected chi connectivity index (χ0v) is 14.6. The number of ether oxygens (including phenoxy) is 3. The number of esters is 1. The van der Waals surface area contributed by atoms with Gasteiger partial charge in [-0.15, -0.1) is 0 Å². The zero-order chi connectivity index (χ0) is 18.5. The number of furan rings is 1. The first-order chi connectivity index (χ1) is 12.6. The highest BCUT2D eigenvalue weighted by molar-refractivity contribution is 6.04. The van der Waals surface area contributed by atoms with Crippen LogP contribution in [-0.2, 0) is 16.1 Å². The maximum Gasteiger partial charge on any atom is 0.342 e. The molecule has 2 aromatic carbocycles. The third-order valence-corrected chi connectivity index (χ3v) is 3.85. The van der Waals surface area contributed by atoms with Crippen LogP contribution in [0.1, 0.15) is 21.7 Å². The number of hydrogen-bond acceptors (Lipinski definition) is 5. The molecule has 0 saturated carbocycles. The van der Waals surface area contributed by atoms with E-state index in [2.05, 4.69) is 0 Å². The van der Waals surface area contributed by atoms with Crippen molar-refractivity contribution in [2.24, 2.45) is 0 Å². The molecule has 0 aliphatic rings. The first kappa shape index (κ1) is 17.9. The van der Waals surface area contributed by atoms with Crippen molar-refractivity contribution in [3.63, 3.8) is 0 Å². The molecule has 0 amide bonds. The number of carbonyl (C=O) groups excluding carboxylic acids is 1. The van der Waals surface area contributed by atoms with Crippen molar-refractivity contribution in [3.8, 4) is 5.75 Å². The summed E-state index contributed by atoms with van der Waals surface area (Å²) in [5.41, 5.74) is 1.65. The summed E-state index contributed by atoms with van der Waals surface area (Å²) in [4.78, 5) is 12.3. The van der Waals surface area contributed by atoms with Gasteiger partial charge in [-0.2, -0.15) is 0 Å². The molecule has 0 radical (unpaired) electrons. The number of hydrogen-bond donors (Lipinski definition) is 0. The number of rotatable bonds is 7. The first-order valence-electron chi connectivity index (χ1n) is 8.15. The Morgan fingerprint density at radius 2 is 2.00 bits per heavy atom. The van der Waals surface area contributed by atoms with Crippen molar-refractivity contribution in [2.75, 3.05) is 20.3 Å². The van der Waals surface area contributed by atoms with Gasteiger partial charge in [-0.1, -0.05) is 12.1 Å². The molecule has 0 unspecified atom stereocenters. The molecule has 0 spiro atoms. The lowest BCUT2D eigenvalue weighted by atomic mass is 10.1. The van der Waals surface area contributed by atoms with Crippen LogP contribution in [0.5, 0.6) is 5.75 Å². The van der Waals surface area contributed by atoms with Gasteiger partial charge in [0.1, 0.15) is 41.7 Å². The van der Waals surface area contributed by atoms with Crippen LogP contribution >= 0.6 is 0 Å². The van der Waals surface area contributed by atoms with E-state index in [4.69, 9.17) is 18.6 Å². The van der Waals surface area contributed by atoms with E-state index in [1.165, 1.54) is 19.2 Å². The van der Waals surface area contributed by atoms with E-state index < -0.39 is 5.97 Å². The second kappa shape index (κ2) is 8.01. The SMILES string of the molecule is COCCOC(=O)c1c(C)oc2ccc(OCc3cccc(F)c3)cc12. The minimum Gasteiger partial charge on any atom is -0.489 e. The predicted octanol–water partition coefficient (Wildman–Crippen LogP) is 4.26. The van der Waals surface area contributed by atoms with Gasteiger partial charge in [-0.3, -0.25) is 0 Å². The number of carbonyl (C=O) groups is 1. The smallest absolute Gasteiger partial charge is 0.342 e. The second-order valence-corrected chi connectivity index (χ2v) is 5.74. The highest BCUT2D eigenvalue weighted by Crippen LogP contribution is 2.30. The van der Waals surface area contributed by atoms with Crippen LogP contribution in [0.15, 0.2) is 46.9 Å². The van der Waals surface area contributed by atoms with E-state index in [0.717, 1.165) is 0 Å². The van der Waals surface area contributed by atoms with Crippen LogP contribution in [0, 0.1) is 12.7 Å². The van der Waals surface area contributed by atoms with E-state index in [1.54, 1.807) is 37.3 Å². The maximum absolute atomic E-state index is 13.2. The topological polar surface area (TPSA) is 57.9 Å². The lowest BCUT2D eigenvalue weighted by Crippen LogP contribution is -2.10. The van der Waals surface area contributed by atoms with Gasteiger partial charge in [0.25, 0.3) is 0 Å². The highest BCUT2D eigenvalue weighted by Gasteiger charge is 2.20. The average molecular weight is 358 g/mol. The van der Waals surface area contributed by atoms with Crippen LogP contribution < -0.4 is 4.74 Å². The van der Waals surface area contributed by atoms with Crippen molar-refractivity contribution >= 4 is 16.9 Å². The van der Waals surface area contributed by atoms with Gasteiger partial charge in [-0.25, -0.2) is 9.18 Å². The monoisotopic (exact) mass is 358 g/mol. The zero-order valence-electron chi connectivity index (χ0n) is 14.6. The van der Waals surface area contributed by atoms with E-state index in [9.17, 15) is 9.18 Å². The maximum atomic E-state index is 13.2. The normalized spacial score (nSPS) is 10.9. The molecule has 0 aliphatic carbocycles. The number of methoxy groups -OCH3 is 1. The van der Waals surface area contributed by atoms with Gasteiger partial charge in [-0.05, 0) is 42.8 Å². The summed E-state index contributed by atoms with van der Waals surface area (Å²) in [6, 6.07) is 11.4. The van der Waals surface area contributed by atoms with Crippen molar-refractivity contribution in [3.05, 3.63) is 65.2 Å². The lowest BCUT2D eigenvalue weighted by Gasteiger charge is -2.07. The number of halogens is 1. The third-order valence-electron chi connectivity index (χ3n) is 3.85. The Kier molecular flexibility index (Phi) is 5.53. The van der Waals surface area contributed by atoms with Gasteiger partial charge in [0.15, 0.2) is 0 Å². The molecule has 136 valence electrons. The van der Waals surface area contributed by atoms with E-state index in [0.29, 0.717) is 40.2 Å². The molecule has 26 heavy (non-hydrogen) atoms. The fourth-order valence-corrected chi connectivity index (χ4v) is 2.63. The lowest BCUT2D eigenvalue weighted by molar-refractivity contribution is 0.0388. The van der Waals surface area contributed by atoms with Crippen molar-refractivity contribution in [1.82, 2.24) is 0 Å². The average Bonchev–Trinajstić information content (AvgIpc) is 2.95. The summed E-state index contributed by atoms with van der Waals surface area (Å²) < 4.78 is 34.7. The quantitative estimate of drug-likeness (QED) is 0.466. The minimum atomic E-state index is -0.472. The fourth-order valence-electron chi connectivity index (χ4n) is 2.63. The Labute approximate surface area is 150 Å². The number of aryl methyl sites for hydroxylation is 1. The minimum absolute atomic E-state index is 0.164. The Morgan fingerprint density at radius 3 is 2.77 bits per heavy atom. The molecule has 3 aromatic rings. The molecular weight excluding hydrogens is 339 g/mol. The summed E-state index contributed by atoms with van der Waals surface area (Å²) in [6.45, 7) is 2.41. The molecule has 5 nitrogen and oxygen atoms in total. The molecule has 3 rings (SSSR count). The fraction of sp³-hybridized carbons (Fsp3) is 0.250. The molecule has 0 bridgehead atoms. The molecule has 0 fully saturated rings. The molecule has 0 aliphatic heterocycles. The van der Waals surface area contributed by atoms with Crippen LogP contribution in [0.3, 0.4) is 0 Å². The number of fused-ring (bicyclic) bond motifs is 1. The van der Waals surface area contributed by atoms with Crippen LogP contribution in [0.2, 0.25) is 0 Å². The Balaban J connectivity index is 1.80. The number of benzene rings is 2. The first-order valence-corrected chi connectivity index (χ1v) is 8.15. The largest absolute Gasteiger partial charge is 0.489 e. The molecule has 0 N–H and O–H groups in total. The van der Waals surface area contributed by atoms with Crippen LogP contribution in [0.25, 0.3) is 11.0 Å². The molecule has 1 heterocycles. The summed E-state index contributed by atoms with van der Waals surface area (Å²) in [5, 5.41) is 0.613. The summed E-state index contributed by atoms with van der Waals surface area (Å²) in [6.07, 6.45) is 0. The van der Waals surface area contributed by atoms with Gasteiger partial charge < -0.3 is 18.6 Å². The Bertz CT molecular complexity index is 916. The summed E-state index contributed by atoms with van der Waals surface area (Å²) in [5.74, 6) is 0.242.